The van der Waals surface area contributed by atoms with Crippen LogP contribution in [0, 0.1) is 45.3 Å². The number of rotatable bonds is 3. The minimum absolute atomic E-state index is 0.0535. The van der Waals surface area contributed by atoms with E-state index in [4.69, 9.17) is 0 Å². The lowest BCUT2D eigenvalue weighted by Crippen LogP contribution is -2.59. The molecule has 0 aromatic rings. The topological polar surface area (TPSA) is 73.5 Å². The van der Waals surface area contributed by atoms with E-state index in [1.807, 2.05) is 4.90 Å². The Morgan fingerprint density at radius 1 is 1.21 bits per heavy atom. The van der Waals surface area contributed by atoms with Crippen LogP contribution in [-0.2, 0) is 4.79 Å². The minimum Gasteiger partial charge on any atom is -0.323 e. The number of hydrogen-bond donors (Lipinski definition) is 0. The summed E-state index contributed by atoms with van der Waals surface area (Å²) in [4.78, 5) is 26.9. The van der Waals surface area contributed by atoms with Gasteiger partial charge in [0, 0.05) is 12.0 Å². The molecule has 1 aliphatic heterocycles. The lowest BCUT2D eigenvalue weighted by atomic mass is 9.44. The van der Waals surface area contributed by atoms with Gasteiger partial charge in [0.1, 0.15) is 11.6 Å². The van der Waals surface area contributed by atoms with Gasteiger partial charge in [-0.1, -0.05) is 12.1 Å². The summed E-state index contributed by atoms with van der Waals surface area (Å²) in [6.45, 7) is 2.07. The first-order valence-electron chi connectivity index (χ1n) is 9.55. The van der Waals surface area contributed by atoms with Gasteiger partial charge in [0.25, 0.3) is 0 Å². The number of nitriles is 1. The average molecular weight is 327 g/mol. The summed E-state index contributed by atoms with van der Waals surface area (Å²) in [5, 5.41) is 13.0. The third-order valence-electron chi connectivity index (χ3n) is 8.07. The second-order valence-corrected chi connectivity index (χ2v) is 9.55. The predicted octanol–water partition coefficient (Wildman–Crippen LogP) is 3.24. The van der Waals surface area contributed by atoms with E-state index in [1.165, 1.54) is 6.42 Å². The Labute approximate surface area is 142 Å². The third-order valence-corrected chi connectivity index (χ3v) is 8.07. The maximum absolute atomic E-state index is 13.3. The van der Waals surface area contributed by atoms with E-state index in [2.05, 4.69) is 18.2 Å². The molecule has 0 N–H and O–H groups in total. The van der Waals surface area contributed by atoms with Crippen molar-refractivity contribution in [2.75, 3.05) is 0 Å². The van der Waals surface area contributed by atoms with Crippen LogP contribution in [0.15, 0.2) is 5.18 Å². The third kappa shape index (κ3) is 1.83. The number of likely N-dealkylation sites (tertiary alicyclic amines) is 1. The summed E-state index contributed by atoms with van der Waals surface area (Å²) in [6.07, 6.45) is 7.97. The van der Waals surface area contributed by atoms with Crippen LogP contribution in [0.5, 0.6) is 0 Å². The molecule has 0 spiro atoms. The summed E-state index contributed by atoms with van der Waals surface area (Å²) in [5.41, 5.74) is -0.456. The second kappa shape index (κ2) is 4.59. The number of nitrogens with zero attached hydrogens (tertiary/aromatic N) is 3. The molecule has 5 saturated carbocycles. The molecule has 1 amide bonds. The van der Waals surface area contributed by atoms with Gasteiger partial charge in [-0.3, -0.25) is 4.79 Å². The SMILES string of the molecule is C[C@H](C(=O)N1C2C[C@H]2C[C@H]1C#N)C12CC3CC(CC(N=O)(C3)C1)C2. The standard InChI is InChI=1S/C19H25N3O2/c1-11(17(23)22-15(9-20)3-14-4-16(14)22)18-5-12-2-13(6-18)8-19(7-12,10-18)21-24/h11-16H,2-8,10H2,1H3/t11-,12?,13?,14-,15+,16?,18?,19?/m1/s1. The smallest absolute Gasteiger partial charge is 0.227 e. The largest absolute Gasteiger partial charge is 0.323 e. The Morgan fingerprint density at radius 2 is 1.92 bits per heavy atom. The first kappa shape index (κ1) is 14.9. The summed E-state index contributed by atoms with van der Waals surface area (Å²) >= 11 is 0. The molecule has 3 unspecified atom stereocenters. The molecule has 5 nitrogen and oxygen atoms in total. The van der Waals surface area contributed by atoms with E-state index in [1.54, 1.807) is 0 Å². The Kier molecular flexibility index (Phi) is 2.84. The highest BCUT2D eigenvalue weighted by Gasteiger charge is 2.63. The number of nitroso groups, excluding NO2 is 1. The van der Waals surface area contributed by atoms with E-state index in [9.17, 15) is 15.0 Å². The highest BCUT2D eigenvalue weighted by atomic mass is 16.3. The van der Waals surface area contributed by atoms with E-state index in [-0.39, 0.29) is 23.3 Å². The lowest BCUT2D eigenvalue weighted by molar-refractivity contribution is -0.152. The molecule has 5 aliphatic carbocycles. The van der Waals surface area contributed by atoms with Gasteiger partial charge >= 0.3 is 0 Å². The van der Waals surface area contributed by atoms with Crippen molar-refractivity contribution in [1.29, 1.82) is 5.26 Å². The van der Waals surface area contributed by atoms with E-state index in [0.717, 1.165) is 44.9 Å². The summed E-state index contributed by atoms with van der Waals surface area (Å²) < 4.78 is 0. The number of hydrogen-bond acceptors (Lipinski definition) is 4. The van der Waals surface area contributed by atoms with Gasteiger partial charge in [-0.2, -0.15) is 10.2 Å². The predicted molar refractivity (Wildman–Crippen MR) is 87.6 cm³/mol. The van der Waals surface area contributed by atoms with Gasteiger partial charge in [0.2, 0.25) is 5.91 Å². The monoisotopic (exact) mass is 327 g/mol. The zero-order chi connectivity index (χ0) is 16.7. The Morgan fingerprint density at radius 3 is 2.54 bits per heavy atom. The lowest BCUT2D eigenvalue weighted by Gasteiger charge is -2.61. The summed E-state index contributed by atoms with van der Waals surface area (Å²) in [5.74, 6) is 1.79. The van der Waals surface area contributed by atoms with Crippen molar-refractivity contribution >= 4 is 5.91 Å². The van der Waals surface area contributed by atoms with E-state index in [0.29, 0.717) is 23.8 Å². The number of amides is 1. The molecule has 6 fully saturated rings. The zero-order valence-corrected chi connectivity index (χ0v) is 14.3. The normalized spacial score (nSPS) is 51.8. The molecule has 5 heteroatoms. The molecule has 4 bridgehead atoms. The van der Waals surface area contributed by atoms with Crippen LogP contribution in [0.4, 0.5) is 0 Å². The number of carbonyl (C=O) groups is 1. The first-order chi connectivity index (χ1) is 11.5. The van der Waals surface area contributed by atoms with Crippen LogP contribution in [0.3, 0.4) is 0 Å². The van der Waals surface area contributed by atoms with Gasteiger partial charge < -0.3 is 4.90 Å². The van der Waals surface area contributed by atoms with Crippen molar-refractivity contribution in [3.8, 4) is 6.07 Å². The van der Waals surface area contributed by atoms with Crippen LogP contribution < -0.4 is 0 Å². The quantitative estimate of drug-likeness (QED) is 0.747. The maximum atomic E-state index is 13.3. The highest BCUT2D eigenvalue weighted by Crippen LogP contribution is 2.65. The molecule has 0 radical (unpaired) electrons. The van der Waals surface area contributed by atoms with Crippen molar-refractivity contribution in [2.45, 2.75) is 75.9 Å². The van der Waals surface area contributed by atoms with Crippen molar-refractivity contribution < 1.29 is 4.79 Å². The maximum Gasteiger partial charge on any atom is 0.227 e. The van der Waals surface area contributed by atoms with Crippen LogP contribution in [0.1, 0.15) is 58.3 Å². The number of piperidine rings is 1. The van der Waals surface area contributed by atoms with Crippen molar-refractivity contribution in [3.63, 3.8) is 0 Å². The Hall–Kier alpha value is -1.44. The fourth-order valence-electron chi connectivity index (χ4n) is 7.27. The number of fused-ring (bicyclic) bond motifs is 1. The Balaban J connectivity index is 1.44. The first-order valence-corrected chi connectivity index (χ1v) is 9.55. The second-order valence-electron chi connectivity index (χ2n) is 9.55. The molecule has 0 aromatic carbocycles. The van der Waals surface area contributed by atoms with Gasteiger partial charge in [-0.25, -0.2) is 0 Å². The zero-order valence-electron chi connectivity index (χ0n) is 14.3. The Bertz CT molecular complexity index is 639. The molecule has 6 aliphatic rings. The minimum atomic E-state index is -0.402. The van der Waals surface area contributed by atoms with E-state index < -0.39 is 5.54 Å². The number of carbonyl (C=O) groups excluding carboxylic acids is 1. The van der Waals surface area contributed by atoms with Crippen LogP contribution in [0.25, 0.3) is 0 Å². The fraction of sp³-hybridized carbons (Fsp3) is 0.895. The van der Waals surface area contributed by atoms with Crippen LogP contribution in [-0.4, -0.2) is 28.4 Å². The molecule has 128 valence electrons. The summed E-state index contributed by atoms with van der Waals surface area (Å²) in [7, 11) is 0. The van der Waals surface area contributed by atoms with Crippen molar-refractivity contribution in [3.05, 3.63) is 4.91 Å². The molecule has 6 atom stereocenters. The molecular weight excluding hydrogens is 302 g/mol. The fourth-order valence-corrected chi connectivity index (χ4v) is 7.27. The molecular formula is C19H25N3O2. The molecule has 1 heterocycles. The highest BCUT2D eigenvalue weighted by molar-refractivity contribution is 5.81. The average Bonchev–Trinajstić information content (AvgIpc) is 3.22. The molecule has 1 saturated heterocycles. The van der Waals surface area contributed by atoms with Gasteiger partial charge in [0.05, 0.1) is 6.07 Å². The van der Waals surface area contributed by atoms with Gasteiger partial charge in [-0.05, 0) is 74.5 Å². The van der Waals surface area contributed by atoms with Gasteiger partial charge in [-0.15, -0.1) is 0 Å². The molecule has 6 rings (SSSR count). The van der Waals surface area contributed by atoms with E-state index >= 15 is 0 Å². The van der Waals surface area contributed by atoms with Crippen molar-refractivity contribution in [2.24, 2.45) is 34.3 Å². The van der Waals surface area contributed by atoms with Crippen LogP contribution >= 0.6 is 0 Å². The van der Waals surface area contributed by atoms with Crippen molar-refractivity contribution in [1.82, 2.24) is 4.90 Å². The molecule has 24 heavy (non-hydrogen) atoms. The summed E-state index contributed by atoms with van der Waals surface area (Å²) in [6, 6.07) is 2.43. The van der Waals surface area contributed by atoms with Crippen LogP contribution in [0.2, 0.25) is 0 Å². The molecule has 0 aromatic heterocycles. The van der Waals surface area contributed by atoms with Gasteiger partial charge in [0.15, 0.2) is 0 Å².